The first-order chi connectivity index (χ1) is 6.52. The van der Waals surface area contributed by atoms with Gasteiger partial charge in [0.2, 0.25) is 5.78 Å². The van der Waals surface area contributed by atoms with Crippen LogP contribution in [0.5, 0.6) is 0 Å². The number of ketones is 1. The molecule has 1 amide bonds. The number of carbonyl (C=O) groups excluding carboxylic acids is 2. The van der Waals surface area contributed by atoms with Crippen LogP contribution in [-0.2, 0) is 4.79 Å². The highest BCUT2D eigenvalue weighted by atomic mass is 79.9. The molecule has 1 rings (SSSR count). The first-order valence-electron chi connectivity index (χ1n) is 4.04. The van der Waals surface area contributed by atoms with E-state index in [9.17, 15) is 9.59 Å². The van der Waals surface area contributed by atoms with E-state index in [2.05, 4.69) is 15.9 Å². The first-order valence-corrected chi connectivity index (χ1v) is 4.83. The standard InChI is InChI=1S/C10H10BrNO2/c1-12(2)10(14)9(13)7-3-5-8(11)6-4-7/h3-6H,1-2H3. The molecule has 0 saturated carbocycles. The SMILES string of the molecule is CN(C)C(=O)C(=O)c1ccc(Br)cc1. The van der Waals surface area contributed by atoms with Gasteiger partial charge in [-0.25, -0.2) is 0 Å². The molecular formula is C10H10BrNO2. The Morgan fingerprint density at radius 2 is 1.64 bits per heavy atom. The molecule has 0 aromatic heterocycles. The van der Waals surface area contributed by atoms with Crippen molar-refractivity contribution in [1.82, 2.24) is 4.90 Å². The largest absolute Gasteiger partial charge is 0.342 e. The second-order valence-electron chi connectivity index (χ2n) is 3.04. The van der Waals surface area contributed by atoms with Crippen LogP contribution in [0.15, 0.2) is 28.7 Å². The number of rotatable bonds is 2. The van der Waals surface area contributed by atoms with Crippen LogP contribution in [0.3, 0.4) is 0 Å². The lowest BCUT2D eigenvalue weighted by Gasteiger charge is -2.08. The lowest BCUT2D eigenvalue weighted by atomic mass is 10.1. The smallest absolute Gasteiger partial charge is 0.294 e. The third kappa shape index (κ3) is 2.42. The Morgan fingerprint density at radius 1 is 1.14 bits per heavy atom. The Hall–Kier alpha value is -1.16. The molecule has 0 N–H and O–H groups in total. The molecule has 14 heavy (non-hydrogen) atoms. The van der Waals surface area contributed by atoms with E-state index >= 15 is 0 Å². The van der Waals surface area contributed by atoms with Crippen molar-refractivity contribution in [3.63, 3.8) is 0 Å². The summed E-state index contributed by atoms with van der Waals surface area (Å²) in [6.45, 7) is 0. The van der Waals surface area contributed by atoms with Gasteiger partial charge in [-0.15, -0.1) is 0 Å². The summed E-state index contributed by atoms with van der Waals surface area (Å²) in [5.74, 6) is -0.991. The summed E-state index contributed by atoms with van der Waals surface area (Å²) in [6, 6.07) is 6.70. The number of likely N-dealkylation sites (N-methyl/N-ethyl adjacent to an activating group) is 1. The van der Waals surface area contributed by atoms with Crippen LogP contribution >= 0.6 is 15.9 Å². The zero-order valence-electron chi connectivity index (χ0n) is 7.95. The molecule has 0 aliphatic carbocycles. The third-order valence-electron chi connectivity index (χ3n) is 1.71. The number of benzene rings is 1. The van der Waals surface area contributed by atoms with Crippen molar-refractivity contribution in [1.29, 1.82) is 0 Å². The third-order valence-corrected chi connectivity index (χ3v) is 2.24. The summed E-state index contributed by atoms with van der Waals surface area (Å²) >= 11 is 3.25. The van der Waals surface area contributed by atoms with Gasteiger partial charge in [-0.2, -0.15) is 0 Å². The summed E-state index contributed by atoms with van der Waals surface area (Å²) in [5.41, 5.74) is 0.409. The molecule has 0 saturated heterocycles. The fourth-order valence-corrected chi connectivity index (χ4v) is 1.19. The predicted octanol–water partition coefficient (Wildman–Crippen LogP) is 1.72. The molecule has 0 aliphatic rings. The summed E-state index contributed by atoms with van der Waals surface area (Å²) in [7, 11) is 3.11. The van der Waals surface area contributed by atoms with E-state index in [1.807, 2.05) is 0 Å². The van der Waals surface area contributed by atoms with Gasteiger partial charge in [0.05, 0.1) is 0 Å². The second kappa shape index (κ2) is 4.37. The van der Waals surface area contributed by atoms with Gasteiger partial charge in [0.1, 0.15) is 0 Å². The maximum atomic E-state index is 11.5. The molecule has 0 unspecified atom stereocenters. The van der Waals surface area contributed by atoms with Gasteiger partial charge >= 0.3 is 0 Å². The van der Waals surface area contributed by atoms with Crippen molar-refractivity contribution in [3.05, 3.63) is 34.3 Å². The molecule has 0 heterocycles. The Bertz CT molecular complexity index is 357. The van der Waals surface area contributed by atoms with Gasteiger partial charge < -0.3 is 4.90 Å². The van der Waals surface area contributed by atoms with Crippen molar-refractivity contribution < 1.29 is 9.59 Å². The van der Waals surface area contributed by atoms with Crippen LogP contribution < -0.4 is 0 Å². The van der Waals surface area contributed by atoms with Crippen LogP contribution in [0.4, 0.5) is 0 Å². The van der Waals surface area contributed by atoms with Crippen molar-refractivity contribution in [2.24, 2.45) is 0 Å². The molecule has 4 heteroatoms. The molecule has 3 nitrogen and oxygen atoms in total. The minimum absolute atomic E-state index is 0.409. The lowest BCUT2D eigenvalue weighted by Crippen LogP contribution is -2.29. The Labute approximate surface area is 90.8 Å². The minimum atomic E-state index is -0.507. The Balaban J connectivity index is 2.90. The average Bonchev–Trinajstić information content (AvgIpc) is 2.16. The molecule has 74 valence electrons. The van der Waals surface area contributed by atoms with E-state index < -0.39 is 11.7 Å². The number of halogens is 1. The van der Waals surface area contributed by atoms with Gasteiger partial charge in [0, 0.05) is 24.1 Å². The summed E-state index contributed by atoms with van der Waals surface area (Å²) in [5, 5.41) is 0. The van der Waals surface area contributed by atoms with Crippen molar-refractivity contribution >= 4 is 27.6 Å². The highest BCUT2D eigenvalue weighted by molar-refractivity contribution is 9.10. The van der Waals surface area contributed by atoms with Gasteiger partial charge in [0.25, 0.3) is 5.91 Å². The number of amides is 1. The van der Waals surface area contributed by atoms with Crippen molar-refractivity contribution in [3.8, 4) is 0 Å². The fourth-order valence-electron chi connectivity index (χ4n) is 0.928. The highest BCUT2D eigenvalue weighted by Gasteiger charge is 2.17. The van der Waals surface area contributed by atoms with Gasteiger partial charge in [0.15, 0.2) is 0 Å². The first kappa shape index (κ1) is 10.9. The van der Waals surface area contributed by atoms with E-state index in [1.165, 1.54) is 4.90 Å². The van der Waals surface area contributed by atoms with E-state index in [-0.39, 0.29) is 0 Å². The quantitative estimate of drug-likeness (QED) is 0.596. The minimum Gasteiger partial charge on any atom is -0.342 e. The van der Waals surface area contributed by atoms with Crippen LogP contribution in [0, 0.1) is 0 Å². The molecule has 0 atom stereocenters. The molecule has 0 aliphatic heterocycles. The monoisotopic (exact) mass is 255 g/mol. The normalized spacial score (nSPS) is 9.64. The summed E-state index contributed by atoms with van der Waals surface area (Å²) < 4.78 is 0.881. The zero-order valence-corrected chi connectivity index (χ0v) is 9.54. The van der Waals surface area contributed by atoms with Crippen LogP contribution in [0.25, 0.3) is 0 Å². The van der Waals surface area contributed by atoms with E-state index in [0.717, 1.165) is 4.47 Å². The Kier molecular flexibility index (Phi) is 3.41. The highest BCUT2D eigenvalue weighted by Crippen LogP contribution is 2.11. The second-order valence-corrected chi connectivity index (χ2v) is 3.95. The number of carbonyl (C=O) groups is 2. The molecule has 0 bridgehead atoms. The number of Topliss-reactive ketones (excluding diaryl/α,β-unsaturated/α-hetero) is 1. The van der Waals surface area contributed by atoms with Gasteiger partial charge in [-0.1, -0.05) is 15.9 Å². The topological polar surface area (TPSA) is 37.4 Å². The molecule has 1 aromatic rings. The molecule has 0 radical (unpaired) electrons. The predicted molar refractivity (Wildman–Crippen MR) is 57.2 cm³/mol. The van der Waals surface area contributed by atoms with E-state index in [1.54, 1.807) is 38.4 Å². The maximum Gasteiger partial charge on any atom is 0.294 e. The molecular weight excluding hydrogens is 246 g/mol. The summed E-state index contributed by atoms with van der Waals surface area (Å²) in [6.07, 6.45) is 0. The molecule has 1 aromatic carbocycles. The molecule has 0 spiro atoms. The fraction of sp³-hybridized carbons (Fsp3) is 0.200. The Morgan fingerprint density at radius 3 is 2.07 bits per heavy atom. The number of hydrogen-bond acceptors (Lipinski definition) is 2. The lowest BCUT2D eigenvalue weighted by molar-refractivity contribution is -0.124. The number of hydrogen-bond donors (Lipinski definition) is 0. The van der Waals surface area contributed by atoms with Gasteiger partial charge in [-0.3, -0.25) is 9.59 Å². The number of nitrogens with zero attached hydrogens (tertiary/aromatic N) is 1. The van der Waals surface area contributed by atoms with Crippen LogP contribution in [0.2, 0.25) is 0 Å². The van der Waals surface area contributed by atoms with Crippen molar-refractivity contribution in [2.45, 2.75) is 0 Å². The van der Waals surface area contributed by atoms with Crippen LogP contribution in [0.1, 0.15) is 10.4 Å². The average molecular weight is 256 g/mol. The van der Waals surface area contributed by atoms with E-state index in [0.29, 0.717) is 5.56 Å². The van der Waals surface area contributed by atoms with E-state index in [4.69, 9.17) is 0 Å². The molecule has 0 fully saturated rings. The summed E-state index contributed by atoms with van der Waals surface area (Å²) in [4.78, 5) is 24.1. The van der Waals surface area contributed by atoms with Gasteiger partial charge in [-0.05, 0) is 24.3 Å². The van der Waals surface area contributed by atoms with Crippen LogP contribution in [-0.4, -0.2) is 30.7 Å². The van der Waals surface area contributed by atoms with Crippen molar-refractivity contribution in [2.75, 3.05) is 14.1 Å². The zero-order chi connectivity index (χ0) is 10.7. The maximum absolute atomic E-state index is 11.5.